The van der Waals surface area contributed by atoms with E-state index in [9.17, 15) is 0 Å². The number of hydrogen-bond acceptors (Lipinski definition) is 3. The summed E-state index contributed by atoms with van der Waals surface area (Å²) >= 11 is 20.1. The van der Waals surface area contributed by atoms with Gasteiger partial charge in [-0.15, -0.1) is 0 Å². The Hall–Kier alpha value is -0.0900. The summed E-state index contributed by atoms with van der Waals surface area (Å²) in [6, 6.07) is 3.38. The molecule has 1 spiro atoms. The van der Waals surface area contributed by atoms with Gasteiger partial charge in [0.15, 0.2) is 5.17 Å². The predicted octanol–water partition coefficient (Wildman–Crippen LogP) is 6.11. The molecule has 0 radical (unpaired) electrons. The van der Waals surface area contributed by atoms with E-state index in [4.69, 9.17) is 39.8 Å². The molecule has 0 bridgehead atoms. The number of amidine groups is 1. The minimum absolute atomic E-state index is 0.418. The maximum Gasteiger partial charge on any atom is 0.161 e. The van der Waals surface area contributed by atoms with Gasteiger partial charge in [0, 0.05) is 17.3 Å². The first-order valence-corrected chi connectivity index (χ1v) is 9.29. The number of hydrogen-bond donors (Lipinski definition) is 1. The average molecular weight is 364 g/mol. The van der Waals surface area contributed by atoms with Crippen LogP contribution in [0, 0.1) is 5.41 Å². The van der Waals surface area contributed by atoms with Gasteiger partial charge in [-0.2, -0.15) is 0 Å². The van der Waals surface area contributed by atoms with Crippen LogP contribution in [0.4, 0.5) is 5.69 Å². The molecule has 2 nitrogen and oxygen atoms in total. The van der Waals surface area contributed by atoms with Crippen molar-refractivity contribution in [3.05, 3.63) is 27.2 Å². The molecule has 1 aromatic carbocycles. The minimum atomic E-state index is 0.418. The number of halogens is 3. The van der Waals surface area contributed by atoms with Crippen LogP contribution < -0.4 is 5.32 Å². The van der Waals surface area contributed by atoms with Crippen molar-refractivity contribution in [3.8, 4) is 0 Å². The van der Waals surface area contributed by atoms with Gasteiger partial charge in [0.25, 0.3) is 0 Å². The molecule has 114 valence electrons. The van der Waals surface area contributed by atoms with E-state index < -0.39 is 0 Å². The van der Waals surface area contributed by atoms with E-state index in [1.54, 1.807) is 23.9 Å². The highest BCUT2D eigenvalue weighted by Crippen LogP contribution is 2.42. The molecule has 1 heterocycles. The monoisotopic (exact) mass is 362 g/mol. The van der Waals surface area contributed by atoms with Gasteiger partial charge in [-0.3, -0.25) is 4.99 Å². The molecule has 21 heavy (non-hydrogen) atoms. The van der Waals surface area contributed by atoms with Crippen molar-refractivity contribution in [3.63, 3.8) is 0 Å². The maximum absolute atomic E-state index is 6.20. The topological polar surface area (TPSA) is 24.4 Å². The normalized spacial score (nSPS) is 21.2. The van der Waals surface area contributed by atoms with Gasteiger partial charge >= 0.3 is 0 Å². The van der Waals surface area contributed by atoms with Gasteiger partial charge in [-0.1, -0.05) is 65.8 Å². The van der Waals surface area contributed by atoms with E-state index in [1.165, 1.54) is 32.1 Å². The average Bonchev–Trinajstić information content (AvgIpc) is 2.46. The number of aliphatic imine (C=N–C) groups is 1. The van der Waals surface area contributed by atoms with Gasteiger partial charge in [0.05, 0.1) is 15.7 Å². The lowest BCUT2D eigenvalue weighted by Gasteiger charge is -2.38. The summed E-state index contributed by atoms with van der Waals surface area (Å²) in [5, 5.41) is 5.74. The number of benzene rings is 1. The molecule has 0 saturated heterocycles. The van der Waals surface area contributed by atoms with Crippen molar-refractivity contribution >= 4 is 57.4 Å². The van der Waals surface area contributed by atoms with Crippen molar-refractivity contribution in [1.29, 1.82) is 0 Å². The summed E-state index contributed by atoms with van der Waals surface area (Å²) < 4.78 is 0. The molecule has 6 heteroatoms. The van der Waals surface area contributed by atoms with Crippen molar-refractivity contribution in [1.82, 2.24) is 0 Å². The molecule has 0 aromatic heterocycles. The second kappa shape index (κ2) is 6.57. The first-order valence-electron chi connectivity index (χ1n) is 7.17. The lowest BCUT2D eigenvalue weighted by molar-refractivity contribution is 0.232. The summed E-state index contributed by atoms with van der Waals surface area (Å²) in [5.41, 5.74) is 1.11. The molecule has 3 rings (SSSR count). The number of nitrogens with zero attached hydrogens (tertiary/aromatic N) is 1. The molecule has 1 aromatic rings. The van der Waals surface area contributed by atoms with Gasteiger partial charge in [-0.05, 0) is 30.4 Å². The number of nitrogens with one attached hydrogen (secondary N) is 1. The summed E-state index contributed by atoms with van der Waals surface area (Å²) in [6.45, 7) is 0.908. The smallest absolute Gasteiger partial charge is 0.161 e. The largest absolute Gasteiger partial charge is 0.333 e. The van der Waals surface area contributed by atoms with Crippen LogP contribution >= 0.6 is 46.6 Å². The number of rotatable bonds is 1. The first-order chi connectivity index (χ1) is 10.1. The van der Waals surface area contributed by atoms with Gasteiger partial charge in [-0.25, -0.2) is 0 Å². The molecule has 1 aliphatic heterocycles. The molecule has 0 unspecified atom stereocenters. The standard InChI is InChI=1S/C15H17Cl3N2S/c16-10-6-11(17)13(12(18)7-10)20-14-19-8-15(9-21-14)4-2-1-3-5-15/h6-7H,1-5,8-9H2,(H,19,20). The third kappa shape index (κ3) is 3.64. The quantitative estimate of drug-likeness (QED) is 0.650. The van der Waals surface area contributed by atoms with E-state index in [2.05, 4.69) is 5.32 Å². The van der Waals surface area contributed by atoms with Gasteiger partial charge in [0.1, 0.15) is 0 Å². The predicted molar refractivity (Wildman–Crippen MR) is 95.4 cm³/mol. The molecule has 1 N–H and O–H groups in total. The summed E-state index contributed by atoms with van der Waals surface area (Å²) in [7, 11) is 0. The van der Waals surface area contributed by atoms with Crippen LogP contribution in [-0.4, -0.2) is 17.5 Å². The van der Waals surface area contributed by atoms with Crippen molar-refractivity contribution in [2.45, 2.75) is 32.1 Å². The summed E-state index contributed by atoms with van der Waals surface area (Å²) in [5.74, 6) is 1.13. The Morgan fingerprint density at radius 2 is 1.71 bits per heavy atom. The highest BCUT2D eigenvalue weighted by molar-refractivity contribution is 8.14. The molecule has 1 fully saturated rings. The van der Waals surface area contributed by atoms with Crippen LogP contribution in [0.3, 0.4) is 0 Å². The Morgan fingerprint density at radius 3 is 2.29 bits per heavy atom. The molecule has 1 saturated carbocycles. The SMILES string of the molecule is Clc1cc(Cl)c(NC2=NCC3(CCCCC3)CS2)c(Cl)c1. The molecular formula is C15H17Cl3N2S. The highest BCUT2D eigenvalue weighted by atomic mass is 35.5. The molecule has 2 aliphatic rings. The Bertz CT molecular complexity index is 545. The van der Waals surface area contributed by atoms with Crippen LogP contribution in [0.15, 0.2) is 17.1 Å². The summed E-state index contributed by atoms with van der Waals surface area (Å²) in [6.07, 6.45) is 6.66. The molecule has 0 atom stereocenters. The van der Waals surface area contributed by atoms with E-state index in [-0.39, 0.29) is 0 Å². The Balaban J connectivity index is 1.72. The van der Waals surface area contributed by atoms with Crippen LogP contribution in [0.5, 0.6) is 0 Å². The molecular weight excluding hydrogens is 347 g/mol. The second-order valence-corrected chi connectivity index (χ2v) is 8.06. The summed E-state index contributed by atoms with van der Waals surface area (Å²) in [4.78, 5) is 4.72. The highest BCUT2D eigenvalue weighted by Gasteiger charge is 2.35. The number of anilines is 1. The fraction of sp³-hybridized carbons (Fsp3) is 0.533. The lowest BCUT2D eigenvalue weighted by atomic mass is 9.75. The first kappa shape index (κ1) is 15.8. The second-order valence-electron chi connectivity index (χ2n) is 5.84. The molecule has 1 aliphatic carbocycles. The molecule has 0 amide bonds. The van der Waals surface area contributed by atoms with E-state index in [0.29, 0.717) is 26.2 Å². The fourth-order valence-corrected chi connectivity index (χ4v) is 5.07. The minimum Gasteiger partial charge on any atom is -0.333 e. The van der Waals surface area contributed by atoms with Crippen molar-refractivity contribution in [2.24, 2.45) is 10.4 Å². The third-order valence-electron chi connectivity index (χ3n) is 4.23. The fourth-order valence-electron chi connectivity index (χ4n) is 3.00. The van der Waals surface area contributed by atoms with Crippen molar-refractivity contribution < 1.29 is 0 Å². The number of thioether (sulfide) groups is 1. The van der Waals surface area contributed by atoms with Crippen molar-refractivity contribution in [2.75, 3.05) is 17.6 Å². The zero-order valence-corrected chi connectivity index (χ0v) is 14.7. The van der Waals surface area contributed by atoms with Crippen LogP contribution in [-0.2, 0) is 0 Å². The van der Waals surface area contributed by atoms with Gasteiger partial charge in [0.2, 0.25) is 0 Å². The maximum atomic E-state index is 6.20. The van der Waals surface area contributed by atoms with E-state index in [1.807, 2.05) is 0 Å². The van der Waals surface area contributed by atoms with E-state index in [0.717, 1.165) is 17.5 Å². The van der Waals surface area contributed by atoms with Gasteiger partial charge < -0.3 is 5.32 Å². The van der Waals surface area contributed by atoms with Crippen LogP contribution in [0.1, 0.15) is 32.1 Å². The Kier molecular flexibility index (Phi) is 4.94. The zero-order chi connectivity index (χ0) is 14.9. The Morgan fingerprint density at radius 1 is 1.05 bits per heavy atom. The Labute approximate surface area is 144 Å². The zero-order valence-electron chi connectivity index (χ0n) is 11.6. The lowest BCUT2D eigenvalue weighted by Crippen LogP contribution is -2.35. The van der Waals surface area contributed by atoms with Crippen LogP contribution in [0.25, 0.3) is 0 Å². The third-order valence-corrected chi connectivity index (χ3v) is 6.30. The van der Waals surface area contributed by atoms with E-state index >= 15 is 0 Å². The van der Waals surface area contributed by atoms with Crippen LogP contribution in [0.2, 0.25) is 15.1 Å².